The number of nitrogens with zero attached hydrogens (tertiary/aromatic N) is 4. The molecule has 0 aliphatic heterocycles. The van der Waals surface area contributed by atoms with Crippen LogP contribution in [-0.2, 0) is 0 Å². The Morgan fingerprint density at radius 3 is 2.04 bits per heavy atom. The predicted molar refractivity (Wildman–Crippen MR) is 185 cm³/mol. The molecule has 6 aromatic carbocycles. The van der Waals surface area contributed by atoms with Crippen LogP contribution in [-0.4, -0.2) is 14.5 Å². The normalized spacial score (nSPS) is 11.5. The molecule has 3 heterocycles. The van der Waals surface area contributed by atoms with Crippen molar-refractivity contribution in [2.75, 3.05) is 0 Å². The molecule has 0 aliphatic carbocycles. The molecule has 0 amide bonds. The average molecular weight is 589 g/mol. The quantitative estimate of drug-likeness (QED) is 0.205. The molecule has 3 aromatic heterocycles. The lowest BCUT2D eigenvalue weighted by atomic mass is 10.00. The summed E-state index contributed by atoms with van der Waals surface area (Å²) >= 11 is 0. The molecule has 9 rings (SSSR count). The van der Waals surface area contributed by atoms with E-state index in [9.17, 15) is 5.26 Å². The van der Waals surface area contributed by atoms with Gasteiger partial charge in [-0.15, -0.1) is 0 Å². The van der Waals surface area contributed by atoms with Crippen LogP contribution in [0, 0.1) is 11.3 Å². The van der Waals surface area contributed by atoms with Crippen molar-refractivity contribution >= 4 is 43.9 Å². The van der Waals surface area contributed by atoms with E-state index in [1.807, 2.05) is 60.7 Å². The highest BCUT2D eigenvalue weighted by Gasteiger charge is 2.21. The van der Waals surface area contributed by atoms with Gasteiger partial charge in [0.1, 0.15) is 16.8 Å². The summed E-state index contributed by atoms with van der Waals surface area (Å²) in [5.41, 5.74) is 10.6. The average Bonchev–Trinajstić information content (AvgIpc) is 3.68. The number of aromatic nitrogens is 3. The highest BCUT2D eigenvalue weighted by atomic mass is 16.3. The van der Waals surface area contributed by atoms with Gasteiger partial charge in [-0.3, -0.25) is 0 Å². The van der Waals surface area contributed by atoms with Gasteiger partial charge in [-0.05, 0) is 53.6 Å². The Kier molecular flexibility index (Phi) is 5.81. The van der Waals surface area contributed by atoms with Gasteiger partial charge in [-0.25, -0.2) is 9.97 Å². The Labute approximate surface area is 264 Å². The third kappa shape index (κ3) is 4.02. The van der Waals surface area contributed by atoms with Gasteiger partial charge in [0.25, 0.3) is 0 Å². The first-order valence-corrected chi connectivity index (χ1v) is 15.1. The molecule has 0 atom stereocenters. The van der Waals surface area contributed by atoms with Gasteiger partial charge in [0.05, 0.1) is 28.1 Å². The minimum Gasteiger partial charge on any atom is -0.452 e. The van der Waals surface area contributed by atoms with Gasteiger partial charge < -0.3 is 8.98 Å². The molecular formula is C41H24N4O. The SMILES string of the molecule is N#Cc1cccc(-c2nc(-c3ccccc3)c3oc4cccc(-c5cccc(-n6c7ccccc7c7ccccc76)c5)c4c3n2)c1. The van der Waals surface area contributed by atoms with Crippen LogP contribution in [0.5, 0.6) is 0 Å². The highest BCUT2D eigenvalue weighted by Crippen LogP contribution is 2.41. The molecule has 9 aromatic rings. The topological polar surface area (TPSA) is 67.6 Å². The summed E-state index contributed by atoms with van der Waals surface area (Å²) in [7, 11) is 0. The summed E-state index contributed by atoms with van der Waals surface area (Å²) in [4.78, 5) is 10.1. The van der Waals surface area contributed by atoms with Gasteiger partial charge in [0.2, 0.25) is 0 Å². The number of hydrogen-bond acceptors (Lipinski definition) is 4. The molecule has 0 fully saturated rings. The van der Waals surface area contributed by atoms with E-state index in [0.717, 1.165) is 55.5 Å². The highest BCUT2D eigenvalue weighted by molar-refractivity contribution is 6.14. The number of para-hydroxylation sites is 2. The predicted octanol–water partition coefficient (Wildman–Crippen LogP) is 10.3. The molecule has 0 spiro atoms. The van der Waals surface area contributed by atoms with Gasteiger partial charge in [0, 0.05) is 27.6 Å². The maximum absolute atomic E-state index is 9.58. The van der Waals surface area contributed by atoms with Crippen LogP contribution in [0.25, 0.3) is 83.3 Å². The van der Waals surface area contributed by atoms with Crippen LogP contribution in [0.4, 0.5) is 0 Å². The Balaban J connectivity index is 1.31. The summed E-state index contributed by atoms with van der Waals surface area (Å²) in [6.45, 7) is 0. The number of rotatable bonds is 4. The van der Waals surface area contributed by atoms with Crippen molar-refractivity contribution in [3.05, 3.63) is 151 Å². The summed E-state index contributed by atoms with van der Waals surface area (Å²) in [6, 6.07) is 51.6. The molecule has 0 unspecified atom stereocenters. The Morgan fingerprint density at radius 2 is 1.26 bits per heavy atom. The fourth-order valence-electron chi connectivity index (χ4n) is 6.59. The van der Waals surface area contributed by atoms with E-state index in [4.69, 9.17) is 14.4 Å². The zero-order valence-electron chi connectivity index (χ0n) is 24.6. The van der Waals surface area contributed by atoms with E-state index in [1.54, 1.807) is 6.07 Å². The maximum Gasteiger partial charge on any atom is 0.180 e. The monoisotopic (exact) mass is 588 g/mol. The van der Waals surface area contributed by atoms with Crippen LogP contribution in [0.2, 0.25) is 0 Å². The lowest BCUT2D eigenvalue weighted by Crippen LogP contribution is -1.95. The second-order valence-corrected chi connectivity index (χ2v) is 11.3. The van der Waals surface area contributed by atoms with Crippen molar-refractivity contribution in [2.24, 2.45) is 0 Å². The number of hydrogen-bond donors (Lipinski definition) is 0. The largest absolute Gasteiger partial charge is 0.452 e. The first-order chi connectivity index (χ1) is 22.8. The second-order valence-electron chi connectivity index (χ2n) is 11.3. The molecule has 5 nitrogen and oxygen atoms in total. The summed E-state index contributed by atoms with van der Waals surface area (Å²) < 4.78 is 8.90. The fourth-order valence-corrected chi connectivity index (χ4v) is 6.59. The molecule has 214 valence electrons. The van der Waals surface area contributed by atoms with Crippen LogP contribution in [0.1, 0.15) is 5.56 Å². The second kappa shape index (κ2) is 10.3. The van der Waals surface area contributed by atoms with Gasteiger partial charge in [-0.2, -0.15) is 5.26 Å². The van der Waals surface area contributed by atoms with Gasteiger partial charge >= 0.3 is 0 Å². The summed E-state index contributed by atoms with van der Waals surface area (Å²) in [5, 5.41) is 13.0. The molecule has 46 heavy (non-hydrogen) atoms. The lowest BCUT2D eigenvalue weighted by Gasteiger charge is -2.11. The van der Waals surface area contributed by atoms with E-state index >= 15 is 0 Å². The minimum atomic E-state index is 0.542. The summed E-state index contributed by atoms with van der Waals surface area (Å²) in [6.07, 6.45) is 0. The fraction of sp³-hybridized carbons (Fsp3) is 0. The van der Waals surface area contributed by atoms with Crippen molar-refractivity contribution in [3.63, 3.8) is 0 Å². The molecule has 5 heteroatoms. The van der Waals surface area contributed by atoms with Crippen LogP contribution in [0.15, 0.2) is 150 Å². The molecule has 0 saturated heterocycles. The van der Waals surface area contributed by atoms with Crippen molar-refractivity contribution < 1.29 is 4.42 Å². The van der Waals surface area contributed by atoms with Crippen LogP contribution >= 0.6 is 0 Å². The molecule has 0 aliphatic rings. The number of nitriles is 1. The number of benzene rings is 6. The van der Waals surface area contributed by atoms with E-state index in [1.165, 1.54) is 10.8 Å². The van der Waals surface area contributed by atoms with E-state index < -0.39 is 0 Å². The third-order valence-electron chi connectivity index (χ3n) is 8.63. The van der Waals surface area contributed by atoms with Crippen LogP contribution < -0.4 is 0 Å². The van der Waals surface area contributed by atoms with Crippen molar-refractivity contribution in [2.45, 2.75) is 0 Å². The number of furan rings is 1. The first kappa shape index (κ1) is 25.9. The number of fused-ring (bicyclic) bond motifs is 6. The molecule has 0 radical (unpaired) electrons. The van der Waals surface area contributed by atoms with E-state index in [2.05, 4.69) is 89.5 Å². The van der Waals surface area contributed by atoms with E-state index in [0.29, 0.717) is 22.7 Å². The molecule has 0 N–H and O–H groups in total. The lowest BCUT2D eigenvalue weighted by molar-refractivity contribution is 0.667. The Bertz CT molecular complexity index is 2610. The standard InChI is InChI=1S/C41H24N4O/c42-25-26-11-8-15-29(23-26)41-43-38(27-12-2-1-3-13-27)40-39(44-41)37-31(19-10-22-36(37)46-40)28-14-9-16-30(24-28)45-34-20-6-4-17-32(34)33-18-5-7-21-35(33)45/h1-24H. The minimum absolute atomic E-state index is 0.542. The van der Waals surface area contributed by atoms with Gasteiger partial charge in [-0.1, -0.05) is 103 Å². The first-order valence-electron chi connectivity index (χ1n) is 15.1. The van der Waals surface area contributed by atoms with Gasteiger partial charge in [0.15, 0.2) is 11.4 Å². The van der Waals surface area contributed by atoms with Crippen molar-refractivity contribution in [1.82, 2.24) is 14.5 Å². The molecule has 0 bridgehead atoms. The zero-order chi connectivity index (χ0) is 30.6. The smallest absolute Gasteiger partial charge is 0.180 e. The van der Waals surface area contributed by atoms with Crippen molar-refractivity contribution in [3.8, 4) is 45.5 Å². The Hall–Kier alpha value is -6.51. The van der Waals surface area contributed by atoms with Crippen LogP contribution in [0.3, 0.4) is 0 Å². The van der Waals surface area contributed by atoms with E-state index in [-0.39, 0.29) is 0 Å². The maximum atomic E-state index is 9.58. The zero-order valence-corrected chi connectivity index (χ0v) is 24.6. The molecule has 0 saturated carbocycles. The molecular weight excluding hydrogens is 564 g/mol. The Morgan fingerprint density at radius 1 is 0.587 bits per heavy atom. The van der Waals surface area contributed by atoms with Crippen molar-refractivity contribution in [1.29, 1.82) is 5.26 Å². The third-order valence-corrected chi connectivity index (χ3v) is 8.63. The summed E-state index contributed by atoms with van der Waals surface area (Å²) in [5.74, 6) is 0.542.